The lowest BCUT2D eigenvalue weighted by atomic mass is 10.1. The van der Waals surface area contributed by atoms with E-state index in [1.54, 1.807) is 19.1 Å². The van der Waals surface area contributed by atoms with Crippen molar-refractivity contribution >= 4 is 43.5 Å². The van der Waals surface area contributed by atoms with E-state index in [9.17, 15) is 18.0 Å². The van der Waals surface area contributed by atoms with E-state index in [-0.39, 0.29) is 18.5 Å². The smallest absolute Gasteiger partial charge is 0.244 e. The maximum atomic E-state index is 13.5. The second-order valence-corrected chi connectivity index (χ2v) is 11.6. The van der Waals surface area contributed by atoms with Gasteiger partial charge in [-0.05, 0) is 75.1 Å². The summed E-state index contributed by atoms with van der Waals surface area (Å²) in [4.78, 5) is 27.9. The fourth-order valence-electron chi connectivity index (χ4n) is 3.54. The zero-order valence-corrected chi connectivity index (χ0v) is 23.0. The van der Waals surface area contributed by atoms with E-state index in [0.29, 0.717) is 5.69 Å². The Balaban J connectivity index is 2.41. The van der Waals surface area contributed by atoms with Gasteiger partial charge in [-0.3, -0.25) is 13.9 Å². The first kappa shape index (κ1) is 27.9. The van der Waals surface area contributed by atoms with E-state index >= 15 is 0 Å². The molecule has 0 spiro atoms. The van der Waals surface area contributed by atoms with Gasteiger partial charge in [-0.25, -0.2) is 8.42 Å². The van der Waals surface area contributed by atoms with Crippen LogP contribution >= 0.6 is 15.9 Å². The number of amides is 2. The fraction of sp³-hybridized carbons (Fsp3) is 0.440. The highest BCUT2D eigenvalue weighted by Gasteiger charge is 2.30. The largest absolute Gasteiger partial charge is 0.352 e. The molecule has 0 bridgehead atoms. The Morgan fingerprint density at radius 3 is 2.09 bits per heavy atom. The first-order valence-electron chi connectivity index (χ1n) is 11.2. The zero-order valence-electron chi connectivity index (χ0n) is 20.6. The van der Waals surface area contributed by atoms with Crippen molar-refractivity contribution in [3.63, 3.8) is 0 Å². The molecular formula is C25H34BrN3O4S. The number of halogens is 1. The molecule has 0 aliphatic heterocycles. The lowest BCUT2D eigenvalue weighted by Crippen LogP contribution is -2.52. The molecule has 2 aromatic rings. The summed E-state index contributed by atoms with van der Waals surface area (Å²) in [7, 11) is -3.75. The Bertz CT molecular complexity index is 1100. The van der Waals surface area contributed by atoms with E-state index in [4.69, 9.17) is 0 Å². The van der Waals surface area contributed by atoms with E-state index in [1.165, 1.54) is 4.90 Å². The quantitative estimate of drug-likeness (QED) is 0.480. The molecule has 2 unspecified atom stereocenters. The van der Waals surface area contributed by atoms with Gasteiger partial charge in [-0.15, -0.1) is 0 Å². The summed E-state index contributed by atoms with van der Waals surface area (Å²) in [5.74, 6) is -0.739. The summed E-state index contributed by atoms with van der Waals surface area (Å²) < 4.78 is 27.3. The van der Waals surface area contributed by atoms with Crippen LogP contribution in [0.4, 0.5) is 5.69 Å². The molecule has 1 N–H and O–H groups in total. The summed E-state index contributed by atoms with van der Waals surface area (Å²) in [6.45, 7) is 9.05. The lowest BCUT2D eigenvalue weighted by Gasteiger charge is -2.32. The first-order chi connectivity index (χ1) is 15.8. The maximum absolute atomic E-state index is 13.5. The van der Waals surface area contributed by atoms with Gasteiger partial charge in [0.25, 0.3) is 0 Å². The monoisotopic (exact) mass is 551 g/mol. The molecule has 0 aliphatic rings. The molecule has 34 heavy (non-hydrogen) atoms. The Morgan fingerprint density at radius 1 is 1.03 bits per heavy atom. The van der Waals surface area contributed by atoms with Crippen molar-refractivity contribution in [1.29, 1.82) is 0 Å². The number of anilines is 1. The van der Waals surface area contributed by atoms with Crippen molar-refractivity contribution < 1.29 is 18.0 Å². The van der Waals surface area contributed by atoms with Gasteiger partial charge in [0.05, 0.1) is 11.9 Å². The van der Waals surface area contributed by atoms with Gasteiger partial charge in [-0.1, -0.05) is 41.1 Å². The summed E-state index contributed by atoms with van der Waals surface area (Å²) in [5.41, 5.74) is 3.04. The predicted octanol–water partition coefficient (Wildman–Crippen LogP) is 4.16. The van der Waals surface area contributed by atoms with Gasteiger partial charge in [0.15, 0.2) is 0 Å². The third-order valence-corrected chi connectivity index (χ3v) is 7.28. The number of hydrogen-bond donors (Lipinski definition) is 1. The molecule has 9 heteroatoms. The molecule has 186 valence electrons. The number of nitrogens with zero attached hydrogens (tertiary/aromatic N) is 2. The highest BCUT2D eigenvalue weighted by atomic mass is 79.9. The molecule has 2 amide bonds. The van der Waals surface area contributed by atoms with Gasteiger partial charge in [-0.2, -0.15) is 0 Å². The minimum Gasteiger partial charge on any atom is -0.352 e. The zero-order chi connectivity index (χ0) is 25.6. The topological polar surface area (TPSA) is 86.8 Å². The van der Waals surface area contributed by atoms with Crippen LogP contribution in [-0.4, -0.2) is 50.0 Å². The molecule has 2 atom stereocenters. The van der Waals surface area contributed by atoms with Gasteiger partial charge < -0.3 is 10.2 Å². The van der Waals surface area contributed by atoms with Crippen LogP contribution in [0.3, 0.4) is 0 Å². The lowest BCUT2D eigenvalue weighted by molar-refractivity contribution is -0.139. The van der Waals surface area contributed by atoms with Gasteiger partial charge >= 0.3 is 0 Å². The molecule has 0 saturated heterocycles. The third kappa shape index (κ3) is 7.84. The number of carbonyl (C=O) groups excluding carboxylic acids is 2. The minimum absolute atomic E-state index is 0.0395. The van der Waals surface area contributed by atoms with Crippen LogP contribution < -0.4 is 9.62 Å². The highest BCUT2D eigenvalue weighted by molar-refractivity contribution is 9.10. The molecule has 7 nitrogen and oxygen atoms in total. The van der Waals surface area contributed by atoms with Crippen molar-refractivity contribution in [2.45, 2.75) is 59.7 Å². The number of benzene rings is 2. The Kier molecular flexibility index (Phi) is 9.70. The second kappa shape index (κ2) is 11.8. The molecular weight excluding hydrogens is 518 g/mol. The van der Waals surface area contributed by atoms with Gasteiger partial charge in [0, 0.05) is 17.1 Å². The maximum Gasteiger partial charge on any atom is 0.244 e. The summed E-state index contributed by atoms with van der Waals surface area (Å²) in [5, 5.41) is 2.92. The highest BCUT2D eigenvalue weighted by Crippen LogP contribution is 2.22. The third-order valence-electron chi connectivity index (χ3n) is 5.61. The molecule has 0 saturated carbocycles. The first-order valence-corrected chi connectivity index (χ1v) is 13.9. The fourth-order valence-corrected chi connectivity index (χ4v) is 4.64. The molecule has 0 heterocycles. The average Bonchev–Trinajstić information content (AvgIpc) is 2.74. The average molecular weight is 553 g/mol. The standard InChI is InChI=1S/C25H34BrN3O4S/c1-7-19(4)27-25(31)20(5)28(15-21-8-10-22(26)11-9-21)24(30)16-29(34(6,32)33)23-13-17(2)12-18(3)14-23/h8-14,19-20H,7,15-16H2,1-6H3,(H,27,31). The van der Waals surface area contributed by atoms with E-state index in [1.807, 2.05) is 58.0 Å². The number of rotatable bonds is 10. The molecule has 2 rings (SSSR count). The van der Waals surface area contributed by atoms with Gasteiger partial charge in [0.1, 0.15) is 12.6 Å². The van der Waals surface area contributed by atoms with E-state index < -0.39 is 28.5 Å². The van der Waals surface area contributed by atoms with Crippen molar-refractivity contribution in [3.05, 3.63) is 63.6 Å². The van der Waals surface area contributed by atoms with Crippen LogP contribution in [0.15, 0.2) is 46.9 Å². The van der Waals surface area contributed by atoms with Crippen LogP contribution in [0.5, 0.6) is 0 Å². The molecule has 2 aromatic carbocycles. The number of sulfonamides is 1. The van der Waals surface area contributed by atoms with Crippen LogP contribution in [0.1, 0.15) is 43.9 Å². The summed E-state index contributed by atoms with van der Waals surface area (Å²) in [6, 6.07) is 12.0. The SMILES string of the molecule is CCC(C)NC(=O)C(C)N(Cc1ccc(Br)cc1)C(=O)CN(c1cc(C)cc(C)c1)S(C)(=O)=O. The Labute approximate surface area is 211 Å². The summed E-state index contributed by atoms with van der Waals surface area (Å²) >= 11 is 3.40. The predicted molar refractivity (Wildman–Crippen MR) is 140 cm³/mol. The number of nitrogens with one attached hydrogen (secondary N) is 1. The van der Waals surface area contributed by atoms with Crippen molar-refractivity contribution in [2.75, 3.05) is 17.1 Å². The van der Waals surface area contributed by atoms with Crippen LogP contribution in [0, 0.1) is 13.8 Å². The Morgan fingerprint density at radius 2 is 1.59 bits per heavy atom. The number of hydrogen-bond acceptors (Lipinski definition) is 4. The van der Waals surface area contributed by atoms with E-state index in [2.05, 4.69) is 21.2 Å². The molecule has 0 fully saturated rings. The number of aryl methyl sites for hydroxylation is 2. The minimum atomic E-state index is -3.75. The molecule has 0 aromatic heterocycles. The summed E-state index contributed by atoms with van der Waals surface area (Å²) in [6.07, 6.45) is 1.84. The van der Waals surface area contributed by atoms with Crippen LogP contribution in [0.2, 0.25) is 0 Å². The van der Waals surface area contributed by atoms with Crippen molar-refractivity contribution in [2.24, 2.45) is 0 Å². The number of carbonyl (C=O) groups is 2. The Hall–Kier alpha value is -2.39. The normalized spacial score (nSPS) is 13.1. The van der Waals surface area contributed by atoms with Gasteiger partial charge in [0.2, 0.25) is 21.8 Å². The van der Waals surface area contributed by atoms with Crippen molar-refractivity contribution in [1.82, 2.24) is 10.2 Å². The van der Waals surface area contributed by atoms with E-state index in [0.717, 1.165) is 38.1 Å². The second-order valence-electron chi connectivity index (χ2n) is 8.76. The molecule has 0 radical (unpaired) electrons. The molecule has 0 aliphatic carbocycles. The van der Waals surface area contributed by atoms with Crippen molar-refractivity contribution in [3.8, 4) is 0 Å². The van der Waals surface area contributed by atoms with Crippen LogP contribution in [-0.2, 0) is 26.2 Å². The van der Waals surface area contributed by atoms with Crippen LogP contribution in [0.25, 0.3) is 0 Å².